The van der Waals surface area contributed by atoms with Crippen LogP contribution in [0.3, 0.4) is 0 Å². The van der Waals surface area contributed by atoms with E-state index in [1.807, 2.05) is 42.9 Å². The Morgan fingerprint density at radius 1 is 0.333 bits per heavy atom. The van der Waals surface area contributed by atoms with Crippen molar-refractivity contribution in [3.05, 3.63) is 287 Å². The maximum Gasteiger partial charge on any atom is 0.212 e. The standard InChI is InChI=1S/2C30H29N2.C29H26FN2/c2*1-20-8-10-22(11-9-20)23-12-13-28(32(3)19-23)25-18-26-24-7-6-16-31-29(24)30(14-4-5-15-30)27(26)17-21(25)2;1-19-16-26-25(23-6-5-15-31-28(23)29(26)13-3-4-14-29)17-24(19)27-12-9-21(18-32(27)2)20-7-10-22(30)11-8-20/h2*6-13,16-19H,4-5,14-15H2,1-3H3;5-12,15-18H,3-4,13-14H2,1-2H3/q3*+1/i1D3;;. The second kappa shape index (κ2) is 24.1. The fraction of sp³-hybridized carbons (Fsp3) is 0.258. The second-order valence-corrected chi connectivity index (χ2v) is 28.4. The number of nitrogens with zero attached hydrogens (tertiary/aromatic N) is 6. The molecule has 18 rings (SSSR count). The summed E-state index contributed by atoms with van der Waals surface area (Å²) in [5, 5.41) is 0. The Kier molecular flexibility index (Phi) is 14.5. The number of benzene rings is 6. The minimum absolute atomic E-state index is 0.0855. The number of rotatable bonds is 6. The van der Waals surface area contributed by atoms with Gasteiger partial charge in [-0.1, -0.05) is 147 Å². The van der Waals surface area contributed by atoms with E-state index in [0.29, 0.717) is 5.56 Å². The predicted octanol–water partition coefficient (Wildman–Crippen LogP) is 19.9. The quantitative estimate of drug-likeness (QED) is 0.156. The maximum absolute atomic E-state index is 13.3. The Hall–Kier alpha value is -9.85. The highest BCUT2D eigenvalue weighted by molar-refractivity contribution is 5.87. The molecule has 6 aromatic carbocycles. The van der Waals surface area contributed by atoms with E-state index < -0.39 is 6.85 Å². The topological polar surface area (TPSA) is 50.3 Å². The lowest BCUT2D eigenvalue weighted by molar-refractivity contribution is -0.660. The summed E-state index contributed by atoms with van der Waals surface area (Å²) >= 11 is 0. The third-order valence-corrected chi connectivity index (χ3v) is 22.7. The first kappa shape index (κ1) is 57.6. The molecule has 0 radical (unpaired) electrons. The van der Waals surface area contributed by atoms with E-state index in [4.69, 9.17) is 19.1 Å². The van der Waals surface area contributed by atoms with E-state index in [-0.39, 0.29) is 22.1 Å². The molecule has 12 aromatic rings. The molecule has 6 aromatic heterocycles. The van der Waals surface area contributed by atoms with Crippen LogP contribution in [0.15, 0.2) is 219 Å². The zero-order valence-electron chi connectivity index (χ0n) is 59.3. The highest BCUT2D eigenvalue weighted by Gasteiger charge is 2.49. The van der Waals surface area contributed by atoms with Crippen molar-refractivity contribution in [2.45, 2.75) is 128 Å². The first-order valence-corrected chi connectivity index (χ1v) is 34.7. The van der Waals surface area contributed by atoms with E-state index in [9.17, 15) is 4.39 Å². The van der Waals surface area contributed by atoms with Crippen molar-refractivity contribution in [3.63, 3.8) is 0 Å². The van der Waals surface area contributed by atoms with E-state index >= 15 is 0 Å². The monoisotopic (exact) mass is 1260 g/mol. The zero-order chi connectivity index (χ0) is 68.1. The fourth-order valence-corrected chi connectivity index (χ4v) is 17.9. The van der Waals surface area contributed by atoms with Gasteiger partial charge in [0.2, 0.25) is 17.1 Å². The van der Waals surface area contributed by atoms with E-state index in [0.717, 1.165) is 27.9 Å². The van der Waals surface area contributed by atoms with Gasteiger partial charge < -0.3 is 0 Å². The Morgan fingerprint density at radius 2 is 0.625 bits per heavy atom. The highest BCUT2D eigenvalue weighted by Crippen LogP contribution is 2.60. The summed E-state index contributed by atoms with van der Waals surface area (Å²) in [6.45, 7) is 6.76. The average Bonchev–Trinajstić information content (AvgIpc) is 1.58. The minimum atomic E-state index is -2.08. The largest absolute Gasteiger partial charge is 0.260 e. The van der Waals surface area contributed by atoms with Gasteiger partial charge in [-0.15, -0.1) is 0 Å². The van der Waals surface area contributed by atoms with Crippen LogP contribution in [0.25, 0.3) is 101 Å². The Morgan fingerprint density at radius 3 is 0.927 bits per heavy atom. The SMILES string of the molecule is Cc1cc2c(cc1-c1ccc(-c3ccc(F)cc3)c[n+]1C)-c1cccnc1C21CCCC1.Cc1ccc(-c2ccc(-c3cc4c(cc3C)C3(CCCC3)c3ncccc3-4)[n+](C)c2)cc1.[2H]C([2H])([2H])c1ccc(-c2ccc(-c3cc4c(cc3C)C3(CCCC3)c3ncccc3-4)[n+](C)c2)cc1. The third-order valence-electron chi connectivity index (χ3n) is 22.7. The summed E-state index contributed by atoms with van der Waals surface area (Å²) < 4.78 is 42.8. The van der Waals surface area contributed by atoms with Crippen LogP contribution in [0.2, 0.25) is 0 Å². The molecule has 6 aliphatic carbocycles. The molecule has 0 saturated heterocycles. The molecule has 0 bridgehead atoms. The summed E-state index contributed by atoms with van der Waals surface area (Å²) in [5.41, 5.74) is 36.2. The van der Waals surface area contributed by atoms with Gasteiger partial charge in [0, 0.05) is 107 Å². The van der Waals surface area contributed by atoms with Crippen LogP contribution in [-0.2, 0) is 37.4 Å². The van der Waals surface area contributed by atoms with E-state index in [1.165, 1.54) is 218 Å². The molecular formula is C89H84FN6+3. The van der Waals surface area contributed by atoms with Crippen LogP contribution in [0, 0.1) is 40.4 Å². The van der Waals surface area contributed by atoms with Crippen molar-refractivity contribution >= 4 is 0 Å². The normalized spacial score (nSPS) is 16.3. The van der Waals surface area contributed by atoms with Crippen LogP contribution in [0.5, 0.6) is 0 Å². The zero-order valence-corrected chi connectivity index (χ0v) is 56.3. The number of pyridine rings is 6. The summed E-state index contributed by atoms with van der Waals surface area (Å²) in [5.74, 6) is -0.210. The predicted molar refractivity (Wildman–Crippen MR) is 387 cm³/mol. The molecule has 96 heavy (non-hydrogen) atoms. The van der Waals surface area contributed by atoms with Gasteiger partial charge in [0.05, 0.1) is 17.1 Å². The minimum Gasteiger partial charge on any atom is -0.260 e. The molecule has 474 valence electrons. The van der Waals surface area contributed by atoms with Gasteiger partial charge >= 0.3 is 0 Å². The molecule has 6 aliphatic rings. The van der Waals surface area contributed by atoms with Gasteiger partial charge in [0.25, 0.3) is 0 Å². The van der Waals surface area contributed by atoms with Gasteiger partial charge in [-0.25, -0.2) is 18.1 Å². The molecule has 3 fully saturated rings. The fourth-order valence-electron chi connectivity index (χ4n) is 17.9. The number of aromatic nitrogens is 6. The summed E-state index contributed by atoms with van der Waals surface area (Å²) in [7, 11) is 6.33. The third kappa shape index (κ3) is 10.2. The van der Waals surface area contributed by atoms with Crippen LogP contribution in [-0.4, -0.2) is 15.0 Å². The van der Waals surface area contributed by atoms with Gasteiger partial charge in [0.15, 0.2) is 18.6 Å². The molecule has 0 N–H and O–H groups in total. The number of aryl methyl sites for hydroxylation is 8. The van der Waals surface area contributed by atoms with Crippen LogP contribution in [0.1, 0.15) is 143 Å². The van der Waals surface area contributed by atoms with Crippen molar-refractivity contribution < 1.29 is 22.2 Å². The van der Waals surface area contributed by atoms with Crippen LogP contribution in [0.4, 0.5) is 4.39 Å². The van der Waals surface area contributed by atoms with Gasteiger partial charge in [-0.05, 0) is 207 Å². The number of fused-ring (bicyclic) bond motifs is 15. The molecule has 3 spiro atoms. The van der Waals surface area contributed by atoms with Crippen molar-refractivity contribution in [2.24, 2.45) is 21.1 Å². The first-order valence-electron chi connectivity index (χ1n) is 36.2. The van der Waals surface area contributed by atoms with E-state index in [1.54, 1.807) is 12.1 Å². The summed E-state index contributed by atoms with van der Waals surface area (Å²) in [6, 6.07) is 63.2. The molecule has 0 atom stereocenters. The average molecular weight is 1260 g/mol. The van der Waals surface area contributed by atoms with Crippen LogP contribution >= 0.6 is 0 Å². The Labute approximate surface area is 570 Å². The highest BCUT2D eigenvalue weighted by atomic mass is 19.1. The van der Waals surface area contributed by atoms with E-state index in [2.05, 4.69) is 215 Å². The number of hydrogen-bond acceptors (Lipinski definition) is 3. The molecule has 3 saturated carbocycles. The number of hydrogen-bond donors (Lipinski definition) is 0. The van der Waals surface area contributed by atoms with Crippen molar-refractivity contribution in [2.75, 3.05) is 0 Å². The molecule has 0 unspecified atom stereocenters. The molecule has 7 heteroatoms. The lowest BCUT2D eigenvalue weighted by Gasteiger charge is -2.25. The molecule has 6 heterocycles. The van der Waals surface area contributed by atoms with Gasteiger partial charge in [-0.2, -0.15) is 0 Å². The maximum atomic E-state index is 13.3. The second-order valence-electron chi connectivity index (χ2n) is 28.4. The molecule has 0 aliphatic heterocycles. The molecular weight excluding hydrogens is 1170 g/mol. The lowest BCUT2D eigenvalue weighted by Crippen LogP contribution is -2.31. The first-order chi connectivity index (χ1) is 47.9. The Bertz CT molecular complexity index is 4960. The summed E-state index contributed by atoms with van der Waals surface area (Å²) in [4.78, 5) is 14.7. The van der Waals surface area contributed by atoms with Crippen molar-refractivity contribution in [3.8, 4) is 101 Å². The van der Waals surface area contributed by atoms with Gasteiger partial charge in [-0.3, -0.25) is 15.0 Å². The van der Waals surface area contributed by atoms with Crippen molar-refractivity contribution in [1.82, 2.24) is 15.0 Å². The lowest BCUT2D eigenvalue weighted by atomic mass is 9.78. The Balaban J connectivity index is 0.000000116. The van der Waals surface area contributed by atoms with Crippen molar-refractivity contribution in [1.29, 1.82) is 0 Å². The molecule has 6 nitrogen and oxygen atoms in total. The summed E-state index contributed by atoms with van der Waals surface area (Å²) in [6.07, 6.45) is 27.3. The van der Waals surface area contributed by atoms with Crippen LogP contribution < -0.4 is 13.7 Å². The van der Waals surface area contributed by atoms with Gasteiger partial charge in [0.1, 0.15) is 27.0 Å². The molecule has 0 amide bonds. The number of halogens is 1. The smallest absolute Gasteiger partial charge is 0.212 e.